The van der Waals surface area contributed by atoms with Gasteiger partial charge in [0.15, 0.2) is 0 Å². The van der Waals surface area contributed by atoms with Crippen molar-refractivity contribution in [3.8, 4) is 0 Å². The Morgan fingerprint density at radius 2 is 1.80 bits per heavy atom. The summed E-state index contributed by atoms with van der Waals surface area (Å²) < 4.78 is 0. The number of carbonyl (C=O) groups is 3. The van der Waals surface area contributed by atoms with Gasteiger partial charge in [0.1, 0.15) is 6.54 Å². The molecule has 0 aromatic carbocycles. The van der Waals surface area contributed by atoms with Crippen LogP contribution in [0.3, 0.4) is 0 Å². The zero-order valence-corrected chi connectivity index (χ0v) is 12.1. The summed E-state index contributed by atoms with van der Waals surface area (Å²) in [5, 5.41) is 13.1. The number of nitrogens with zero attached hydrogens (tertiary/aromatic N) is 1. The van der Waals surface area contributed by atoms with Crippen LogP contribution >= 0.6 is 0 Å². The van der Waals surface area contributed by atoms with Crippen molar-refractivity contribution < 1.29 is 19.5 Å². The van der Waals surface area contributed by atoms with Crippen LogP contribution in [0.4, 0.5) is 4.79 Å². The second kappa shape index (κ2) is 7.12. The van der Waals surface area contributed by atoms with Gasteiger partial charge in [-0.1, -0.05) is 13.8 Å². The molecule has 7 heteroatoms. The molecule has 3 N–H and O–H groups in total. The minimum Gasteiger partial charge on any atom is -0.480 e. The van der Waals surface area contributed by atoms with E-state index in [1.54, 1.807) is 4.90 Å². The molecule has 0 aromatic rings. The largest absolute Gasteiger partial charge is 0.480 e. The Bertz CT molecular complexity index is 380. The molecule has 7 nitrogen and oxygen atoms in total. The number of urea groups is 1. The quantitative estimate of drug-likeness (QED) is 0.658. The van der Waals surface area contributed by atoms with Crippen LogP contribution in [0.2, 0.25) is 0 Å². The fourth-order valence-electron chi connectivity index (χ4n) is 2.44. The molecule has 20 heavy (non-hydrogen) atoms. The molecule has 1 rings (SSSR count). The minimum absolute atomic E-state index is 0.197. The molecule has 1 aliphatic rings. The lowest BCUT2D eigenvalue weighted by molar-refractivity contribution is -0.137. The summed E-state index contributed by atoms with van der Waals surface area (Å²) in [7, 11) is 0. The van der Waals surface area contributed by atoms with Crippen molar-refractivity contribution in [2.24, 2.45) is 5.41 Å². The van der Waals surface area contributed by atoms with E-state index >= 15 is 0 Å². The molecule has 3 amide bonds. The molecule has 1 fully saturated rings. The van der Waals surface area contributed by atoms with E-state index in [-0.39, 0.29) is 18.0 Å². The standard InChI is InChI=1S/C13H23N3O4/c1-3-13(4-2)5-6-16(9-13)12(20)15-7-10(17)14-8-11(18)19/h3-9H2,1-2H3,(H,14,17)(H,15,20)(H,18,19). The summed E-state index contributed by atoms with van der Waals surface area (Å²) in [6, 6.07) is -0.265. The van der Waals surface area contributed by atoms with Crippen molar-refractivity contribution in [3.63, 3.8) is 0 Å². The van der Waals surface area contributed by atoms with Crippen LogP contribution in [-0.2, 0) is 9.59 Å². The van der Waals surface area contributed by atoms with Crippen LogP contribution in [0.5, 0.6) is 0 Å². The van der Waals surface area contributed by atoms with Crippen LogP contribution in [0.15, 0.2) is 0 Å². The van der Waals surface area contributed by atoms with E-state index < -0.39 is 18.4 Å². The van der Waals surface area contributed by atoms with Gasteiger partial charge in [0.2, 0.25) is 5.91 Å². The van der Waals surface area contributed by atoms with E-state index in [0.29, 0.717) is 13.1 Å². The first-order chi connectivity index (χ1) is 9.42. The van der Waals surface area contributed by atoms with Gasteiger partial charge in [-0.15, -0.1) is 0 Å². The number of likely N-dealkylation sites (tertiary alicyclic amines) is 1. The third-order valence-electron chi connectivity index (χ3n) is 4.06. The molecule has 0 unspecified atom stereocenters. The van der Waals surface area contributed by atoms with Crippen LogP contribution in [0, 0.1) is 5.41 Å². The van der Waals surface area contributed by atoms with Crippen molar-refractivity contribution in [3.05, 3.63) is 0 Å². The van der Waals surface area contributed by atoms with Crippen LogP contribution in [0.1, 0.15) is 33.1 Å². The highest BCUT2D eigenvalue weighted by Gasteiger charge is 2.36. The maximum Gasteiger partial charge on any atom is 0.322 e. The lowest BCUT2D eigenvalue weighted by Gasteiger charge is -2.26. The number of amides is 3. The Morgan fingerprint density at radius 1 is 1.15 bits per heavy atom. The summed E-state index contributed by atoms with van der Waals surface area (Å²) in [4.78, 5) is 35.2. The number of nitrogens with one attached hydrogen (secondary N) is 2. The maximum atomic E-state index is 11.9. The molecule has 0 bridgehead atoms. The molecule has 114 valence electrons. The van der Waals surface area contributed by atoms with Gasteiger partial charge >= 0.3 is 12.0 Å². The normalized spacial score (nSPS) is 16.8. The Kier molecular flexibility index (Phi) is 5.79. The molecule has 0 spiro atoms. The molecule has 0 aromatic heterocycles. The Morgan fingerprint density at radius 3 is 2.30 bits per heavy atom. The van der Waals surface area contributed by atoms with Crippen molar-refractivity contribution in [2.75, 3.05) is 26.2 Å². The highest BCUT2D eigenvalue weighted by molar-refractivity contribution is 5.86. The highest BCUT2D eigenvalue weighted by Crippen LogP contribution is 2.36. The predicted octanol–water partition coefficient (Wildman–Crippen LogP) is 0.409. The van der Waals surface area contributed by atoms with Crippen LogP contribution in [-0.4, -0.2) is 54.1 Å². The lowest BCUT2D eigenvalue weighted by atomic mass is 9.82. The van der Waals surface area contributed by atoms with Crippen LogP contribution < -0.4 is 10.6 Å². The minimum atomic E-state index is -1.11. The molecular weight excluding hydrogens is 262 g/mol. The summed E-state index contributed by atoms with van der Waals surface area (Å²) >= 11 is 0. The first-order valence-corrected chi connectivity index (χ1v) is 6.93. The summed E-state index contributed by atoms with van der Waals surface area (Å²) in [6.07, 6.45) is 3.05. The summed E-state index contributed by atoms with van der Waals surface area (Å²) in [5.74, 6) is -1.61. The summed E-state index contributed by atoms with van der Waals surface area (Å²) in [5.41, 5.74) is 0.197. The van der Waals surface area contributed by atoms with Gasteiger partial charge in [-0.25, -0.2) is 4.79 Å². The molecular formula is C13H23N3O4. The van der Waals surface area contributed by atoms with Gasteiger partial charge in [-0.3, -0.25) is 9.59 Å². The highest BCUT2D eigenvalue weighted by atomic mass is 16.4. The molecule has 0 saturated carbocycles. The number of carbonyl (C=O) groups excluding carboxylic acids is 2. The van der Waals surface area contributed by atoms with E-state index in [1.807, 2.05) is 0 Å². The van der Waals surface area contributed by atoms with E-state index in [2.05, 4.69) is 24.5 Å². The Hall–Kier alpha value is -1.79. The van der Waals surface area contributed by atoms with Gasteiger partial charge in [0.25, 0.3) is 0 Å². The van der Waals surface area contributed by atoms with E-state index in [4.69, 9.17) is 5.11 Å². The van der Waals surface area contributed by atoms with Gasteiger partial charge in [0.05, 0.1) is 6.54 Å². The van der Waals surface area contributed by atoms with Gasteiger partial charge in [0, 0.05) is 13.1 Å². The van der Waals surface area contributed by atoms with Crippen LogP contribution in [0.25, 0.3) is 0 Å². The number of hydrogen-bond acceptors (Lipinski definition) is 3. The fourth-order valence-corrected chi connectivity index (χ4v) is 2.44. The first kappa shape index (κ1) is 16.3. The van der Waals surface area contributed by atoms with Crippen molar-refractivity contribution in [1.82, 2.24) is 15.5 Å². The fraction of sp³-hybridized carbons (Fsp3) is 0.769. The smallest absolute Gasteiger partial charge is 0.322 e. The monoisotopic (exact) mass is 285 g/mol. The second-order valence-corrected chi connectivity index (χ2v) is 5.21. The van der Waals surface area contributed by atoms with Crippen molar-refractivity contribution in [1.29, 1.82) is 0 Å². The maximum absolute atomic E-state index is 11.9. The average Bonchev–Trinajstić information content (AvgIpc) is 2.87. The zero-order chi connectivity index (χ0) is 15.2. The third kappa shape index (κ3) is 4.40. The SMILES string of the molecule is CCC1(CC)CCN(C(=O)NCC(=O)NCC(=O)O)C1. The lowest BCUT2D eigenvalue weighted by Crippen LogP contribution is -2.44. The van der Waals surface area contributed by atoms with E-state index in [9.17, 15) is 14.4 Å². The molecule has 0 radical (unpaired) electrons. The number of carboxylic acid groups (broad SMARTS) is 1. The zero-order valence-electron chi connectivity index (χ0n) is 12.1. The molecule has 1 heterocycles. The number of hydrogen-bond donors (Lipinski definition) is 3. The molecule has 0 atom stereocenters. The molecule has 1 aliphatic heterocycles. The van der Waals surface area contributed by atoms with E-state index in [0.717, 1.165) is 19.3 Å². The Labute approximate surface area is 118 Å². The molecule has 1 saturated heterocycles. The Balaban J connectivity index is 2.34. The first-order valence-electron chi connectivity index (χ1n) is 6.93. The van der Waals surface area contributed by atoms with Crippen molar-refractivity contribution >= 4 is 17.9 Å². The third-order valence-corrected chi connectivity index (χ3v) is 4.06. The predicted molar refractivity (Wildman–Crippen MR) is 73.2 cm³/mol. The summed E-state index contributed by atoms with van der Waals surface area (Å²) in [6.45, 7) is 5.03. The average molecular weight is 285 g/mol. The number of carboxylic acids is 1. The van der Waals surface area contributed by atoms with Gasteiger partial charge in [-0.05, 0) is 24.7 Å². The molecule has 0 aliphatic carbocycles. The second-order valence-electron chi connectivity index (χ2n) is 5.21. The number of rotatable bonds is 6. The van der Waals surface area contributed by atoms with Crippen molar-refractivity contribution in [2.45, 2.75) is 33.1 Å². The van der Waals surface area contributed by atoms with E-state index in [1.165, 1.54) is 0 Å². The number of aliphatic carboxylic acids is 1. The van der Waals surface area contributed by atoms with Gasteiger partial charge in [-0.2, -0.15) is 0 Å². The topological polar surface area (TPSA) is 98.7 Å². The van der Waals surface area contributed by atoms with Gasteiger partial charge < -0.3 is 20.6 Å².